The highest BCUT2D eigenvalue weighted by Gasteiger charge is 2.32. The molecule has 24 heavy (non-hydrogen) atoms. The number of hydrogen-bond acceptors (Lipinski definition) is 4. The number of nitrogens with zero attached hydrogens (tertiary/aromatic N) is 3. The maximum absolute atomic E-state index is 13.1. The van der Waals surface area contributed by atoms with Gasteiger partial charge in [0, 0.05) is 12.1 Å². The second kappa shape index (κ2) is 6.26. The van der Waals surface area contributed by atoms with Crippen LogP contribution in [0, 0.1) is 0 Å². The maximum atomic E-state index is 13.1. The van der Waals surface area contributed by atoms with Gasteiger partial charge in [-0.1, -0.05) is 0 Å². The van der Waals surface area contributed by atoms with Crippen molar-refractivity contribution < 1.29 is 9.53 Å². The zero-order chi connectivity index (χ0) is 16.5. The van der Waals surface area contributed by atoms with Crippen LogP contribution in [0.2, 0.25) is 0 Å². The average molecular weight is 326 g/mol. The van der Waals surface area contributed by atoms with Crippen LogP contribution in [0.15, 0.2) is 24.5 Å². The Kier molecular flexibility index (Phi) is 3.96. The van der Waals surface area contributed by atoms with Crippen molar-refractivity contribution in [3.05, 3.63) is 41.5 Å². The SMILES string of the molecule is COc1ccc(C(=O)N2CCCC[C@@H]2c2ncn[nH]2)cc1C1CC1. The number of ether oxygens (including phenoxy) is 1. The molecule has 1 amide bonds. The van der Waals surface area contributed by atoms with Crippen LogP contribution in [0.3, 0.4) is 0 Å². The van der Waals surface area contributed by atoms with Crippen molar-refractivity contribution in [1.82, 2.24) is 20.1 Å². The third-order valence-electron chi connectivity index (χ3n) is 5.01. The molecule has 2 aliphatic rings. The molecule has 6 nitrogen and oxygen atoms in total. The summed E-state index contributed by atoms with van der Waals surface area (Å²) < 4.78 is 5.46. The van der Waals surface area contributed by atoms with Gasteiger partial charge in [-0.3, -0.25) is 9.89 Å². The van der Waals surface area contributed by atoms with Crippen LogP contribution in [0.25, 0.3) is 0 Å². The van der Waals surface area contributed by atoms with Crippen LogP contribution >= 0.6 is 0 Å². The van der Waals surface area contributed by atoms with Crippen LogP contribution in [-0.4, -0.2) is 39.6 Å². The summed E-state index contributed by atoms with van der Waals surface area (Å²) in [4.78, 5) is 19.3. The zero-order valence-electron chi connectivity index (χ0n) is 13.9. The van der Waals surface area contributed by atoms with Crippen molar-refractivity contribution in [2.24, 2.45) is 0 Å². The standard InChI is InChI=1S/C18H22N4O2/c1-24-16-8-7-13(10-14(16)12-5-6-12)18(23)22-9-3-2-4-15(22)17-19-11-20-21-17/h7-8,10-12,15H,2-6,9H2,1H3,(H,19,20,21)/t15-/m1/s1. The summed E-state index contributed by atoms with van der Waals surface area (Å²) in [6.45, 7) is 0.759. The van der Waals surface area contributed by atoms with Crippen molar-refractivity contribution >= 4 is 5.91 Å². The number of benzene rings is 1. The molecule has 1 aliphatic heterocycles. The molecule has 1 saturated heterocycles. The Balaban J connectivity index is 1.63. The number of nitrogens with one attached hydrogen (secondary N) is 1. The molecule has 2 fully saturated rings. The molecular weight excluding hydrogens is 304 g/mol. The van der Waals surface area contributed by atoms with Crippen molar-refractivity contribution in [1.29, 1.82) is 0 Å². The quantitative estimate of drug-likeness (QED) is 0.937. The lowest BCUT2D eigenvalue weighted by Gasteiger charge is -2.34. The lowest BCUT2D eigenvalue weighted by atomic mass is 9.99. The number of aromatic amines is 1. The Bertz CT molecular complexity index is 725. The fourth-order valence-corrected chi connectivity index (χ4v) is 3.58. The van der Waals surface area contributed by atoms with Crippen LogP contribution < -0.4 is 4.74 Å². The van der Waals surface area contributed by atoms with Crippen LogP contribution in [0.4, 0.5) is 0 Å². The molecule has 1 saturated carbocycles. The summed E-state index contributed by atoms with van der Waals surface area (Å²) in [6, 6.07) is 5.80. The van der Waals surface area contributed by atoms with Gasteiger partial charge in [0.05, 0.1) is 13.2 Å². The molecule has 2 heterocycles. The Labute approximate surface area is 141 Å². The highest BCUT2D eigenvalue weighted by atomic mass is 16.5. The predicted octanol–water partition coefficient (Wildman–Crippen LogP) is 3.06. The minimum absolute atomic E-state index is 0.0137. The Morgan fingerprint density at radius 3 is 2.88 bits per heavy atom. The number of carbonyl (C=O) groups excluding carboxylic acids is 1. The number of amides is 1. The highest BCUT2D eigenvalue weighted by Crippen LogP contribution is 2.44. The second-order valence-electron chi connectivity index (χ2n) is 6.61. The van der Waals surface area contributed by atoms with E-state index >= 15 is 0 Å². The average Bonchev–Trinajstić information content (AvgIpc) is 3.34. The number of aromatic nitrogens is 3. The molecule has 1 atom stereocenters. The van der Waals surface area contributed by atoms with Gasteiger partial charge in [0.25, 0.3) is 5.91 Å². The van der Waals surface area contributed by atoms with Gasteiger partial charge in [0.15, 0.2) is 0 Å². The smallest absolute Gasteiger partial charge is 0.254 e. The molecule has 0 bridgehead atoms. The first-order chi connectivity index (χ1) is 11.8. The normalized spacial score (nSPS) is 20.9. The van der Waals surface area contributed by atoms with Gasteiger partial charge in [-0.15, -0.1) is 0 Å². The second-order valence-corrected chi connectivity index (χ2v) is 6.61. The third-order valence-corrected chi connectivity index (χ3v) is 5.01. The Morgan fingerprint density at radius 1 is 1.29 bits per heavy atom. The van der Waals surface area contributed by atoms with Crippen molar-refractivity contribution in [3.8, 4) is 5.75 Å². The third kappa shape index (κ3) is 2.77. The van der Waals surface area contributed by atoms with Crippen LogP contribution in [0.5, 0.6) is 5.75 Å². The van der Waals surface area contributed by atoms with E-state index in [1.807, 2.05) is 23.1 Å². The van der Waals surface area contributed by atoms with E-state index in [0.717, 1.165) is 48.5 Å². The van der Waals surface area contributed by atoms with E-state index in [9.17, 15) is 4.79 Å². The van der Waals surface area contributed by atoms with Crippen LogP contribution in [0.1, 0.15) is 65.8 Å². The van der Waals surface area contributed by atoms with Crippen LogP contribution in [-0.2, 0) is 0 Å². The lowest BCUT2D eigenvalue weighted by molar-refractivity contribution is 0.0600. The van der Waals surface area contributed by atoms with E-state index in [2.05, 4.69) is 15.2 Å². The molecule has 4 rings (SSSR count). The first-order valence-corrected chi connectivity index (χ1v) is 8.62. The molecule has 126 valence electrons. The van der Waals surface area contributed by atoms with Gasteiger partial charge in [-0.2, -0.15) is 5.10 Å². The number of hydrogen-bond donors (Lipinski definition) is 1. The fraction of sp³-hybridized carbons (Fsp3) is 0.500. The number of methoxy groups -OCH3 is 1. The van der Waals surface area contributed by atoms with Crippen molar-refractivity contribution in [3.63, 3.8) is 0 Å². The molecule has 1 aliphatic carbocycles. The van der Waals surface area contributed by atoms with E-state index in [1.165, 1.54) is 19.2 Å². The monoisotopic (exact) mass is 326 g/mol. The summed E-state index contributed by atoms with van der Waals surface area (Å²) in [5.74, 6) is 2.28. The minimum Gasteiger partial charge on any atom is -0.496 e. The number of rotatable bonds is 4. The van der Waals surface area contributed by atoms with Gasteiger partial charge in [-0.05, 0) is 61.8 Å². The van der Waals surface area contributed by atoms with E-state index in [1.54, 1.807) is 7.11 Å². The molecular formula is C18H22N4O2. The predicted molar refractivity (Wildman–Crippen MR) is 89.0 cm³/mol. The van der Waals surface area contributed by atoms with E-state index in [-0.39, 0.29) is 11.9 Å². The first kappa shape index (κ1) is 15.2. The van der Waals surface area contributed by atoms with Gasteiger partial charge in [0.1, 0.15) is 17.9 Å². The van der Waals surface area contributed by atoms with E-state index in [0.29, 0.717) is 5.92 Å². The fourth-order valence-electron chi connectivity index (χ4n) is 3.58. The Morgan fingerprint density at radius 2 is 2.17 bits per heavy atom. The number of likely N-dealkylation sites (tertiary alicyclic amines) is 1. The summed E-state index contributed by atoms with van der Waals surface area (Å²) in [7, 11) is 1.69. The number of carbonyl (C=O) groups is 1. The molecule has 0 spiro atoms. The van der Waals surface area contributed by atoms with Gasteiger partial charge < -0.3 is 9.64 Å². The zero-order valence-corrected chi connectivity index (χ0v) is 13.9. The van der Waals surface area contributed by atoms with E-state index < -0.39 is 0 Å². The molecule has 0 unspecified atom stereocenters. The molecule has 1 aromatic heterocycles. The molecule has 0 radical (unpaired) electrons. The Hall–Kier alpha value is -2.37. The summed E-state index contributed by atoms with van der Waals surface area (Å²) in [5.41, 5.74) is 1.90. The van der Waals surface area contributed by atoms with Gasteiger partial charge >= 0.3 is 0 Å². The molecule has 6 heteroatoms. The lowest BCUT2D eigenvalue weighted by Crippen LogP contribution is -2.39. The molecule has 1 aromatic carbocycles. The summed E-state index contributed by atoms with van der Waals surface area (Å²) in [5, 5.41) is 6.87. The number of piperidine rings is 1. The number of H-pyrrole nitrogens is 1. The molecule has 2 aromatic rings. The van der Waals surface area contributed by atoms with Gasteiger partial charge in [-0.25, -0.2) is 4.98 Å². The maximum Gasteiger partial charge on any atom is 0.254 e. The largest absolute Gasteiger partial charge is 0.496 e. The van der Waals surface area contributed by atoms with E-state index in [4.69, 9.17) is 4.74 Å². The first-order valence-electron chi connectivity index (χ1n) is 8.62. The molecule has 1 N–H and O–H groups in total. The van der Waals surface area contributed by atoms with Crippen molar-refractivity contribution in [2.75, 3.05) is 13.7 Å². The minimum atomic E-state index is -0.0137. The highest BCUT2D eigenvalue weighted by molar-refractivity contribution is 5.95. The summed E-state index contributed by atoms with van der Waals surface area (Å²) >= 11 is 0. The van der Waals surface area contributed by atoms with Gasteiger partial charge in [0.2, 0.25) is 0 Å². The summed E-state index contributed by atoms with van der Waals surface area (Å²) in [6.07, 6.45) is 6.92. The van der Waals surface area contributed by atoms with Crippen molar-refractivity contribution in [2.45, 2.75) is 44.1 Å². The topological polar surface area (TPSA) is 71.1 Å².